The highest BCUT2D eigenvalue weighted by atomic mass is 16.2. The number of nitrogens with one attached hydrogen (secondary N) is 2. The Morgan fingerprint density at radius 1 is 1.38 bits per heavy atom. The Balaban J connectivity index is 2.42. The average Bonchev–Trinajstić information content (AvgIpc) is 2.66. The number of rotatable bonds is 4. The van der Waals surface area contributed by atoms with Crippen molar-refractivity contribution in [3.63, 3.8) is 0 Å². The summed E-state index contributed by atoms with van der Waals surface area (Å²) in [5.41, 5.74) is 0. The molecule has 3 heteroatoms. The number of hydrogen-bond donors (Lipinski definition) is 2. The molecule has 0 aromatic heterocycles. The van der Waals surface area contributed by atoms with Gasteiger partial charge in [-0.15, -0.1) is 0 Å². The Hall–Kier alpha value is -0.730. The first-order valence-electron chi connectivity index (χ1n) is 6.56. The van der Waals surface area contributed by atoms with Gasteiger partial charge in [-0.05, 0) is 37.0 Å². The third-order valence-electron chi connectivity index (χ3n) is 3.97. The highest BCUT2D eigenvalue weighted by molar-refractivity contribution is 5.73. The van der Waals surface area contributed by atoms with Crippen LogP contribution in [0.2, 0.25) is 0 Å². The fraction of sp³-hybridized carbons (Fsp3) is 0.923. The third-order valence-corrected chi connectivity index (χ3v) is 3.97. The van der Waals surface area contributed by atoms with Gasteiger partial charge >= 0.3 is 6.03 Å². The van der Waals surface area contributed by atoms with Crippen molar-refractivity contribution in [2.24, 2.45) is 17.8 Å². The lowest BCUT2D eigenvalue weighted by atomic mass is 9.80. The topological polar surface area (TPSA) is 41.1 Å². The summed E-state index contributed by atoms with van der Waals surface area (Å²) >= 11 is 0. The molecule has 1 aliphatic carbocycles. The van der Waals surface area contributed by atoms with Gasteiger partial charge in [0.15, 0.2) is 0 Å². The van der Waals surface area contributed by atoms with Crippen molar-refractivity contribution in [2.45, 2.75) is 52.5 Å². The summed E-state index contributed by atoms with van der Waals surface area (Å²) in [5, 5.41) is 5.65. The van der Waals surface area contributed by atoms with Crippen LogP contribution in [-0.2, 0) is 0 Å². The van der Waals surface area contributed by atoms with E-state index in [1.54, 1.807) is 7.05 Å². The molecule has 1 fully saturated rings. The van der Waals surface area contributed by atoms with Gasteiger partial charge in [0.05, 0.1) is 0 Å². The molecule has 0 saturated heterocycles. The van der Waals surface area contributed by atoms with Crippen LogP contribution in [-0.4, -0.2) is 19.1 Å². The molecular formula is C13H26N2O. The van der Waals surface area contributed by atoms with Gasteiger partial charge < -0.3 is 10.6 Å². The minimum absolute atomic E-state index is 0.0387. The van der Waals surface area contributed by atoms with Crippen LogP contribution in [0.1, 0.15) is 46.5 Å². The minimum atomic E-state index is -0.0387. The van der Waals surface area contributed by atoms with Crippen molar-refractivity contribution in [1.82, 2.24) is 10.6 Å². The molecule has 0 aliphatic heterocycles. The zero-order valence-electron chi connectivity index (χ0n) is 11.0. The van der Waals surface area contributed by atoms with Crippen molar-refractivity contribution < 1.29 is 4.79 Å². The van der Waals surface area contributed by atoms with Crippen LogP contribution >= 0.6 is 0 Å². The maximum Gasteiger partial charge on any atom is 0.314 e. The quantitative estimate of drug-likeness (QED) is 0.760. The molecule has 1 aliphatic rings. The monoisotopic (exact) mass is 226 g/mol. The number of urea groups is 1. The summed E-state index contributed by atoms with van der Waals surface area (Å²) in [6, 6.07) is 0.348. The minimum Gasteiger partial charge on any atom is -0.341 e. The summed E-state index contributed by atoms with van der Waals surface area (Å²) in [5.74, 6) is 2.37. The molecule has 1 saturated carbocycles. The largest absolute Gasteiger partial charge is 0.341 e. The number of carbonyl (C=O) groups excluding carboxylic acids is 1. The first kappa shape index (κ1) is 13.3. The van der Waals surface area contributed by atoms with Gasteiger partial charge in [0, 0.05) is 13.1 Å². The van der Waals surface area contributed by atoms with Crippen LogP contribution in [0.4, 0.5) is 4.79 Å². The predicted molar refractivity (Wildman–Crippen MR) is 67.3 cm³/mol. The normalized spacial score (nSPS) is 26.8. The van der Waals surface area contributed by atoms with Crippen molar-refractivity contribution in [3.05, 3.63) is 0 Å². The molecule has 0 aromatic rings. The van der Waals surface area contributed by atoms with Crippen LogP contribution < -0.4 is 10.6 Å². The van der Waals surface area contributed by atoms with Gasteiger partial charge in [0.25, 0.3) is 0 Å². The molecule has 16 heavy (non-hydrogen) atoms. The second-order valence-corrected chi connectivity index (χ2v) is 5.31. The molecule has 0 bridgehead atoms. The first-order chi connectivity index (χ1) is 7.58. The SMILES string of the molecule is CCC(C(C)C)C1CCC(NC(=O)NC)C1. The van der Waals surface area contributed by atoms with E-state index in [1.165, 1.54) is 12.8 Å². The Morgan fingerprint density at radius 2 is 2.06 bits per heavy atom. The molecule has 0 heterocycles. The van der Waals surface area contributed by atoms with E-state index in [0.717, 1.165) is 30.6 Å². The van der Waals surface area contributed by atoms with E-state index < -0.39 is 0 Å². The van der Waals surface area contributed by atoms with Gasteiger partial charge in [-0.25, -0.2) is 4.79 Å². The highest BCUT2D eigenvalue weighted by Crippen LogP contribution is 2.37. The van der Waals surface area contributed by atoms with Gasteiger partial charge in [-0.1, -0.05) is 27.2 Å². The highest BCUT2D eigenvalue weighted by Gasteiger charge is 2.31. The van der Waals surface area contributed by atoms with E-state index in [9.17, 15) is 4.79 Å². The summed E-state index contributed by atoms with van der Waals surface area (Å²) in [4.78, 5) is 11.2. The van der Waals surface area contributed by atoms with Crippen LogP contribution in [0, 0.1) is 17.8 Å². The second-order valence-electron chi connectivity index (χ2n) is 5.31. The van der Waals surface area contributed by atoms with Gasteiger partial charge in [-0.3, -0.25) is 0 Å². The summed E-state index contributed by atoms with van der Waals surface area (Å²) < 4.78 is 0. The molecule has 3 atom stereocenters. The fourth-order valence-electron chi connectivity index (χ4n) is 3.14. The zero-order chi connectivity index (χ0) is 12.1. The summed E-state index contributed by atoms with van der Waals surface area (Å²) in [6.07, 6.45) is 4.83. The van der Waals surface area contributed by atoms with Crippen molar-refractivity contribution in [3.8, 4) is 0 Å². The first-order valence-corrected chi connectivity index (χ1v) is 6.56. The van der Waals surface area contributed by atoms with Gasteiger partial charge in [0.2, 0.25) is 0 Å². The van der Waals surface area contributed by atoms with Crippen LogP contribution in [0.25, 0.3) is 0 Å². The zero-order valence-corrected chi connectivity index (χ0v) is 11.0. The van der Waals surface area contributed by atoms with Crippen LogP contribution in [0.3, 0.4) is 0 Å². The molecule has 2 N–H and O–H groups in total. The van der Waals surface area contributed by atoms with E-state index in [2.05, 4.69) is 31.4 Å². The molecule has 1 rings (SSSR count). The van der Waals surface area contributed by atoms with E-state index in [1.807, 2.05) is 0 Å². The van der Waals surface area contributed by atoms with Crippen molar-refractivity contribution >= 4 is 6.03 Å². The smallest absolute Gasteiger partial charge is 0.314 e. The molecule has 0 aromatic carbocycles. The molecule has 0 spiro atoms. The lowest BCUT2D eigenvalue weighted by Gasteiger charge is -2.26. The molecule has 3 nitrogen and oxygen atoms in total. The molecule has 2 amide bonds. The van der Waals surface area contributed by atoms with Crippen molar-refractivity contribution in [1.29, 1.82) is 0 Å². The number of carbonyl (C=O) groups is 1. The average molecular weight is 226 g/mol. The van der Waals surface area contributed by atoms with E-state index in [0.29, 0.717) is 6.04 Å². The van der Waals surface area contributed by atoms with Crippen molar-refractivity contribution in [2.75, 3.05) is 7.05 Å². The fourth-order valence-corrected chi connectivity index (χ4v) is 3.14. The lowest BCUT2D eigenvalue weighted by molar-refractivity contribution is 0.233. The second kappa shape index (κ2) is 6.12. The van der Waals surface area contributed by atoms with Gasteiger partial charge in [0.1, 0.15) is 0 Å². The van der Waals surface area contributed by atoms with Crippen LogP contribution in [0.5, 0.6) is 0 Å². The maximum atomic E-state index is 11.2. The Labute approximate surface area is 99.4 Å². The number of hydrogen-bond acceptors (Lipinski definition) is 1. The Kier molecular flexibility index (Phi) is 5.10. The summed E-state index contributed by atoms with van der Waals surface area (Å²) in [6.45, 7) is 6.91. The Bertz CT molecular complexity index is 228. The van der Waals surface area contributed by atoms with E-state index in [4.69, 9.17) is 0 Å². The number of amides is 2. The summed E-state index contributed by atoms with van der Waals surface area (Å²) in [7, 11) is 1.67. The molecule has 0 radical (unpaired) electrons. The van der Waals surface area contributed by atoms with Gasteiger partial charge in [-0.2, -0.15) is 0 Å². The van der Waals surface area contributed by atoms with E-state index in [-0.39, 0.29) is 6.03 Å². The standard InChI is InChI=1S/C13H26N2O/c1-5-12(9(2)3)10-6-7-11(8-10)15-13(16)14-4/h9-12H,5-8H2,1-4H3,(H2,14,15,16). The Morgan fingerprint density at radius 3 is 2.56 bits per heavy atom. The third kappa shape index (κ3) is 3.39. The molecular weight excluding hydrogens is 200 g/mol. The molecule has 3 unspecified atom stereocenters. The predicted octanol–water partition coefficient (Wildman–Crippen LogP) is 2.77. The molecule has 94 valence electrons. The van der Waals surface area contributed by atoms with Crippen LogP contribution in [0.15, 0.2) is 0 Å². The lowest BCUT2D eigenvalue weighted by Crippen LogP contribution is -2.39. The maximum absolute atomic E-state index is 11.2. The van der Waals surface area contributed by atoms with E-state index >= 15 is 0 Å².